The van der Waals surface area contributed by atoms with Crippen LogP contribution in [-0.2, 0) is 14.3 Å². The quantitative estimate of drug-likeness (QED) is 0.672. The summed E-state index contributed by atoms with van der Waals surface area (Å²) in [6.07, 6.45) is 0. The molecule has 1 heterocycles. The summed E-state index contributed by atoms with van der Waals surface area (Å²) < 4.78 is 4.92. The van der Waals surface area contributed by atoms with Gasteiger partial charge in [-0.05, 0) is 20.8 Å². The largest absolute Gasteiger partial charge is 0.465 e. The number of rotatable bonds is 6. The molecule has 0 radical (unpaired) electrons. The maximum atomic E-state index is 11.6. The summed E-state index contributed by atoms with van der Waals surface area (Å²) in [5, 5.41) is 2.88. The van der Waals surface area contributed by atoms with Crippen molar-refractivity contribution < 1.29 is 14.3 Å². The minimum atomic E-state index is -0.173. The summed E-state index contributed by atoms with van der Waals surface area (Å²) in [6.45, 7) is 10.1. The number of nitrogens with one attached hydrogen (secondary N) is 1. The monoisotopic (exact) mass is 271 g/mol. The van der Waals surface area contributed by atoms with Crippen LogP contribution < -0.4 is 5.32 Å². The number of carbonyl (C=O) groups excluding carboxylic acids is 2. The lowest BCUT2D eigenvalue weighted by atomic mass is 10.3. The van der Waals surface area contributed by atoms with E-state index in [9.17, 15) is 9.59 Å². The van der Waals surface area contributed by atoms with Crippen LogP contribution in [0.15, 0.2) is 0 Å². The molecule has 1 rings (SSSR count). The SMILES string of the molecule is CCOC(=O)CN1CCN(CC(=O)NC(C)C)CC1. The van der Waals surface area contributed by atoms with Crippen LogP contribution in [0.3, 0.4) is 0 Å². The standard InChI is InChI=1S/C13H25N3O3/c1-4-19-13(18)10-16-7-5-15(6-8-16)9-12(17)14-11(2)3/h11H,4-10H2,1-3H3,(H,14,17). The zero-order valence-electron chi connectivity index (χ0n) is 12.1. The summed E-state index contributed by atoms with van der Waals surface area (Å²) in [5.74, 6) is -0.109. The fourth-order valence-corrected chi connectivity index (χ4v) is 2.07. The van der Waals surface area contributed by atoms with Gasteiger partial charge in [-0.15, -0.1) is 0 Å². The maximum absolute atomic E-state index is 11.6. The van der Waals surface area contributed by atoms with Crippen LogP contribution in [0.1, 0.15) is 20.8 Å². The fraction of sp³-hybridized carbons (Fsp3) is 0.846. The second kappa shape index (κ2) is 8.12. The predicted octanol–water partition coefficient (Wildman–Crippen LogP) is -0.308. The van der Waals surface area contributed by atoms with Crippen molar-refractivity contribution in [3.63, 3.8) is 0 Å². The van der Waals surface area contributed by atoms with Crippen LogP contribution in [0.25, 0.3) is 0 Å². The molecule has 1 aliphatic heterocycles. The molecule has 6 heteroatoms. The Bertz CT molecular complexity index is 300. The average molecular weight is 271 g/mol. The van der Waals surface area contributed by atoms with Crippen LogP contribution in [0.2, 0.25) is 0 Å². The zero-order valence-corrected chi connectivity index (χ0v) is 12.1. The summed E-state index contributed by atoms with van der Waals surface area (Å²) >= 11 is 0. The molecule has 110 valence electrons. The summed E-state index contributed by atoms with van der Waals surface area (Å²) in [6, 6.07) is 0.178. The van der Waals surface area contributed by atoms with E-state index in [1.807, 2.05) is 20.8 Å². The normalized spacial score (nSPS) is 17.5. The maximum Gasteiger partial charge on any atom is 0.320 e. The third kappa shape index (κ3) is 6.54. The first-order chi connectivity index (χ1) is 9.01. The topological polar surface area (TPSA) is 61.9 Å². The van der Waals surface area contributed by atoms with E-state index >= 15 is 0 Å². The molecular weight excluding hydrogens is 246 g/mol. The van der Waals surface area contributed by atoms with Gasteiger partial charge >= 0.3 is 5.97 Å². The van der Waals surface area contributed by atoms with Gasteiger partial charge in [-0.3, -0.25) is 19.4 Å². The van der Waals surface area contributed by atoms with Crippen molar-refractivity contribution in [2.75, 3.05) is 45.9 Å². The average Bonchev–Trinajstić information content (AvgIpc) is 2.31. The molecule has 0 bridgehead atoms. The van der Waals surface area contributed by atoms with Crippen LogP contribution in [0.5, 0.6) is 0 Å². The highest BCUT2D eigenvalue weighted by Crippen LogP contribution is 2.01. The molecule has 0 aromatic heterocycles. The Morgan fingerprint density at radius 3 is 2.11 bits per heavy atom. The summed E-state index contributed by atoms with van der Waals surface area (Å²) in [7, 11) is 0. The minimum Gasteiger partial charge on any atom is -0.465 e. The number of carbonyl (C=O) groups is 2. The summed E-state index contributed by atoms with van der Waals surface area (Å²) in [4.78, 5) is 27.2. The van der Waals surface area contributed by atoms with Gasteiger partial charge in [0.25, 0.3) is 0 Å². The van der Waals surface area contributed by atoms with Gasteiger partial charge in [0.2, 0.25) is 5.91 Å². The lowest BCUT2D eigenvalue weighted by Gasteiger charge is -2.33. The smallest absolute Gasteiger partial charge is 0.320 e. The number of esters is 1. The van der Waals surface area contributed by atoms with Gasteiger partial charge < -0.3 is 10.1 Å². The van der Waals surface area contributed by atoms with Gasteiger partial charge in [0, 0.05) is 32.2 Å². The molecule has 19 heavy (non-hydrogen) atoms. The van der Waals surface area contributed by atoms with Crippen molar-refractivity contribution in [2.24, 2.45) is 0 Å². The molecule has 1 amide bonds. The van der Waals surface area contributed by atoms with Crippen molar-refractivity contribution >= 4 is 11.9 Å². The molecule has 1 saturated heterocycles. The van der Waals surface area contributed by atoms with E-state index in [0.29, 0.717) is 19.7 Å². The predicted molar refractivity (Wildman–Crippen MR) is 72.8 cm³/mol. The highest BCUT2D eigenvalue weighted by Gasteiger charge is 2.20. The van der Waals surface area contributed by atoms with Crippen molar-refractivity contribution in [3.05, 3.63) is 0 Å². The number of amides is 1. The third-order valence-electron chi connectivity index (χ3n) is 2.94. The van der Waals surface area contributed by atoms with E-state index in [-0.39, 0.29) is 17.9 Å². The second-order valence-electron chi connectivity index (χ2n) is 5.08. The Labute approximate surface area is 115 Å². The van der Waals surface area contributed by atoms with Gasteiger partial charge in [0.1, 0.15) is 0 Å². The highest BCUT2D eigenvalue weighted by molar-refractivity contribution is 5.78. The Balaban J connectivity index is 2.21. The van der Waals surface area contributed by atoms with Crippen LogP contribution in [-0.4, -0.2) is 73.6 Å². The molecule has 0 aliphatic carbocycles. The van der Waals surface area contributed by atoms with E-state index in [4.69, 9.17) is 4.74 Å². The molecule has 6 nitrogen and oxygen atoms in total. The lowest BCUT2D eigenvalue weighted by molar-refractivity contribution is -0.145. The van der Waals surface area contributed by atoms with Gasteiger partial charge in [0.05, 0.1) is 19.7 Å². The van der Waals surface area contributed by atoms with Gasteiger partial charge in [0.15, 0.2) is 0 Å². The van der Waals surface area contributed by atoms with Crippen molar-refractivity contribution in [3.8, 4) is 0 Å². The van der Waals surface area contributed by atoms with E-state index < -0.39 is 0 Å². The lowest BCUT2D eigenvalue weighted by Crippen LogP contribution is -2.51. The number of ether oxygens (including phenoxy) is 1. The third-order valence-corrected chi connectivity index (χ3v) is 2.94. The molecular formula is C13H25N3O3. The van der Waals surface area contributed by atoms with Gasteiger partial charge in [-0.2, -0.15) is 0 Å². The van der Waals surface area contributed by atoms with Crippen LogP contribution in [0, 0.1) is 0 Å². The van der Waals surface area contributed by atoms with Crippen molar-refractivity contribution in [2.45, 2.75) is 26.8 Å². The van der Waals surface area contributed by atoms with Crippen molar-refractivity contribution in [1.82, 2.24) is 15.1 Å². The second-order valence-corrected chi connectivity index (χ2v) is 5.08. The molecule has 1 fully saturated rings. The Kier molecular flexibility index (Phi) is 6.80. The molecule has 0 saturated carbocycles. The van der Waals surface area contributed by atoms with E-state index in [2.05, 4.69) is 15.1 Å². The molecule has 0 spiro atoms. The van der Waals surface area contributed by atoms with E-state index in [1.165, 1.54) is 0 Å². The Hall–Kier alpha value is -1.14. The molecule has 0 atom stereocenters. The van der Waals surface area contributed by atoms with Gasteiger partial charge in [-0.25, -0.2) is 0 Å². The zero-order chi connectivity index (χ0) is 14.3. The molecule has 0 aromatic carbocycles. The van der Waals surface area contributed by atoms with Crippen LogP contribution >= 0.6 is 0 Å². The number of hydrogen-bond donors (Lipinski definition) is 1. The van der Waals surface area contributed by atoms with Crippen LogP contribution in [0.4, 0.5) is 0 Å². The summed E-state index contributed by atoms with van der Waals surface area (Å²) in [5.41, 5.74) is 0. The number of hydrogen-bond acceptors (Lipinski definition) is 5. The Morgan fingerprint density at radius 1 is 1.11 bits per heavy atom. The fourth-order valence-electron chi connectivity index (χ4n) is 2.07. The Morgan fingerprint density at radius 2 is 1.63 bits per heavy atom. The van der Waals surface area contributed by atoms with Gasteiger partial charge in [-0.1, -0.05) is 0 Å². The molecule has 1 N–H and O–H groups in total. The minimum absolute atomic E-state index is 0.0637. The number of piperazine rings is 1. The highest BCUT2D eigenvalue weighted by atomic mass is 16.5. The first kappa shape index (κ1) is 15.9. The van der Waals surface area contributed by atoms with E-state index in [0.717, 1.165) is 26.2 Å². The first-order valence-electron chi connectivity index (χ1n) is 6.91. The van der Waals surface area contributed by atoms with Crippen molar-refractivity contribution in [1.29, 1.82) is 0 Å². The molecule has 1 aliphatic rings. The van der Waals surface area contributed by atoms with E-state index in [1.54, 1.807) is 0 Å². The number of nitrogens with zero attached hydrogens (tertiary/aromatic N) is 2. The molecule has 0 unspecified atom stereocenters. The molecule has 0 aromatic rings. The first-order valence-corrected chi connectivity index (χ1v) is 6.91.